The zero-order valence-corrected chi connectivity index (χ0v) is 8.60. The molecule has 80 valence electrons. The van der Waals surface area contributed by atoms with Crippen LogP contribution in [0.4, 0.5) is 0 Å². The van der Waals surface area contributed by atoms with Gasteiger partial charge in [-0.05, 0) is 38.5 Å². The maximum atomic E-state index is 9.55. The monoisotopic (exact) mass is 196 g/mol. The van der Waals surface area contributed by atoms with E-state index in [9.17, 15) is 10.2 Å². The van der Waals surface area contributed by atoms with Gasteiger partial charge in [0.15, 0.2) is 0 Å². The Morgan fingerprint density at radius 3 is 1.43 bits per heavy atom. The van der Waals surface area contributed by atoms with Crippen LogP contribution in [0, 0.1) is 0 Å². The highest BCUT2D eigenvalue weighted by molar-refractivity contribution is 4.90. The summed E-state index contributed by atoms with van der Waals surface area (Å²) in [5, 5.41) is 19.1. The molecule has 0 saturated carbocycles. The Bertz CT molecular complexity index is 174. The van der Waals surface area contributed by atoms with Crippen molar-refractivity contribution in [3.05, 3.63) is 24.3 Å². The van der Waals surface area contributed by atoms with Crippen LogP contribution < -0.4 is 0 Å². The van der Waals surface area contributed by atoms with Crippen LogP contribution in [0.1, 0.15) is 38.5 Å². The minimum absolute atomic E-state index is 0.563. The van der Waals surface area contributed by atoms with Crippen molar-refractivity contribution in [2.24, 2.45) is 0 Å². The van der Waals surface area contributed by atoms with Gasteiger partial charge in [-0.15, -0.1) is 0 Å². The van der Waals surface area contributed by atoms with E-state index in [0.717, 1.165) is 25.7 Å². The average Bonchev–Trinajstić information content (AvgIpc) is 2.18. The summed E-state index contributed by atoms with van der Waals surface area (Å²) in [6.07, 6.45) is 12.6. The normalized spacial score (nSPS) is 30.7. The summed E-state index contributed by atoms with van der Waals surface area (Å²) in [6.45, 7) is 0. The molecule has 0 aliphatic heterocycles. The van der Waals surface area contributed by atoms with E-state index in [1.165, 1.54) is 0 Å². The number of hydrogen-bond acceptors (Lipinski definition) is 2. The molecule has 0 saturated heterocycles. The molecule has 0 spiro atoms. The zero-order valence-electron chi connectivity index (χ0n) is 8.60. The maximum absolute atomic E-state index is 9.55. The van der Waals surface area contributed by atoms with Crippen molar-refractivity contribution >= 4 is 0 Å². The first-order chi connectivity index (χ1) is 6.80. The van der Waals surface area contributed by atoms with Gasteiger partial charge in [0.05, 0.1) is 12.2 Å². The quantitative estimate of drug-likeness (QED) is 0.583. The first-order valence-corrected chi connectivity index (χ1v) is 5.47. The Labute approximate surface area is 86.0 Å². The Hall–Kier alpha value is -0.600. The molecule has 0 radical (unpaired) electrons. The number of hydrogen-bond donors (Lipinski definition) is 2. The highest BCUT2D eigenvalue weighted by atomic mass is 16.3. The molecule has 2 N–H and O–H groups in total. The number of aliphatic hydroxyl groups excluding tert-OH is 2. The zero-order chi connectivity index (χ0) is 10.2. The van der Waals surface area contributed by atoms with Gasteiger partial charge in [-0.1, -0.05) is 24.3 Å². The van der Waals surface area contributed by atoms with Crippen molar-refractivity contribution in [3.63, 3.8) is 0 Å². The Balaban J connectivity index is 2.41. The molecule has 0 bridgehead atoms. The summed E-state index contributed by atoms with van der Waals surface area (Å²) >= 11 is 0. The van der Waals surface area contributed by atoms with Crippen LogP contribution in [0.25, 0.3) is 0 Å². The smallest absolute Gasteiger partial charge is 0.0802 e. The van der Waals surface area contributed by atoms with E-state index in [2.05, 4.69) is 24.3 Å². The van der Waals surface area contributed by atoms with Crippen LogP contribution in [0.5, 0.6) is 0 Å². The predicted octanol–water partition coefficient (Wildman–Crippen LogP) is 2.17. The molecule has 0 aromatic heterocycles. The molecule has 2 unspecified atom stereocenters. The lowest BCUT2D eigenvalue weighted by molar-refractivity contribution is 0.0111. The standard InChI is InChI=1S/C12H20O2/c13-11-9-7-5-3-1-2-4-6-8-10-12(11)14/h3-6,11-14H,1-2,7-10H2. The molecule has 0 aromatic carbocycles. The summed E-state index contributed by atoms with van der Waals surface area (Å²) in [5.74, 6) is 0. The van der Waals surface area contributed by atoms with Gasteiger partial charge in [-0.25, -0.2) is 0 Å². The fourth-order valence-corrected chi connectivity index (χ4v) is 1.58. The van der Waals surface area contributed by atoms with E-state index in [4.69, 9.17) is 0 Å². The molecule has 0 fully saturated rings. The van der Waals surface area contributed by atoms with E-state index < -0.39 is 12.2 Å². The second kappa shape index (κ2) is 6.80. The van der Waals surface area contributed by atoms with Crippen LogP contribution in [0.2, 0.25) is 0 Å². The van der Waals surface area contributed by atoms with Gasteiger partial charge in [0.2, 0.25) is 0 Å². The molecule has 2 nitrogen and oxygen atoms in total. The predicted molar refractivity (Wildman–Crippen MR) is 58.0 cm³/mol. The second-order valence-electron chi connectivity index (χ2n) is 3.81. The van der Waals surface area contributed by atoms with Gasteiger partial charge in [0, 0.05) is 0 Å². The van der Waals surface area contributed by atoms with Crippen LogP contribution in [-0.2, 0) is 0 Å². The molecule has 0 amide bonds. The van der Waals surface area contributed by atoms with Crippen LogP contribution in [0.15, 0.2) is 24.3 Å². The van der Waals surface area contributed by atoms with Gasteiger partial charge >= 0.3 is 0 Å². The fourth-order valence-electron chi connectivity index (χ4n) is 1.58. The van der Waals surface area contributed by atoms with Crippen LogP contribution in [0.3, 0.4) is 0 Å². The summed E-state index contributed by atoms with van der Waals surface area (Å²) in [4.78, 5) is 0. The lowest BCUT2D eigenvalue weighted by Crippen LogP contribution is -2.25. The van der Waals surface area contributed by atoms with E-state index in [-0.39, 0.29) is 0 Å². The highest BCUT2D eigenvalue weighted by Gasteiger charge is 2.14. The molecule has 1 aliphatic rings. The lowest BCUT2D eigenvalue weighted by Gasteiger charge is -2.16. The molecular weight excluding hydrogens is 176 g/mol. The van der Waals surface area contributed by atoms with Crippen LogP contribution in [-0.4, -0.2) is 22.4 Å². The SMILES string of the molecule is OC1CCC=CCCC=CCCC1O. The third kappa shape index (κ3) is 4.58. The second-order valence-corrected chi connectivity index (χ2v) is 3.81. The first-order valence-electron chi connectivity index (χ1n) is 5.47. The van der Waals surface area contributed by atoms with Crippen molar-refractivity contribution in [3.8, 4) is 0 Å². The first kappa shape index (κ1) is 11.5. The Kier molecular flexibility index (Phi) is 5.57. The van der Waals surface area contributed by atoms with E-state index in [1.807, 2.05) is 0 Å². The van der Waals surface area contributed by atoms with Crippen molar-refractivity contribution < 1.29 is 10.2 Å². The number of rotatable bonds is 0. The molecular formula is C12H20O2. The van der Waals surface area contributed by atoms with Crippen molar-refractivity contribution in [2.45, 2.75) is 50.7 Å². The topological polar surface area (TPSA) is 40.5 Å². The minimum atomic E-state index is -0.563. The molecule has 0 heterocycles. The number of allylic oxidation sites excluding steroid dienone is 4. The third-order valence-electron chi connectivity index (χ3n) is 2.54. The van der Waals surface area contributed by atoms with E-state index >= 15 is 0 Å². The van der Waals surface area contributed by atoms with Gasteiger partial charge in [0.1, 0.15) is 0 Å². The maximum Gasteiger partial charge on any atom is 0.0802 e. The lowest BCUT2D eigenvalue weighted by atomic mass is 10.0. The van der Waals surface area contributed by atoms with Gasteiger partial charge < -0.3 is 10.2 Å². The summed E-state index contributed by atoms with van der Waals surface area (Å²) < 4.78 is 0. The van der Waals surface area contributed by atoms with Gasteiger partial charge in [-0.2, -0.15) is 0 Å². The largest absolute Gasteiger partial charge is 0.390 e. The van der Waals surface area contributed by atoms with Gasteiger partial charge in [-0.3, -0.25) is 0 Å². The third-order valence-corrected chi connectivity index (χ3v) is 2.54. The van der Waals surface area contributed by atoms with Crippen molar-refractivity contribution in [1.82, 2.24) is 0 Å². The summed E-state index contributed by atoms with van der Waals surface area (Å²) in [5.41, 5.74) is 0. The number of aliphatic hydroxyl groups is 2. The molecule has 14 heavy (non-hydrogen) atoms. The molecule has 0 aromatic rings. The van der Waals surface area contributed by atoms with E-state index in [0.29, 0.717) is 12.8 Å². The highest BCUT2D eigenvalue weighted by Crippen LogP contribution is 2.10. The van der Waals surface area contributed by atoms with Crippen molar-refractivity contribution in [2.75, 3.05) is 0 Å². The Morgan fingerprint density at radius 2 is 1.00 bits per heavy atom. The summed E-state index contributed by atoms with van der Waals surface area (Å²) in [7, 11) is 0. The molecule has 1 aliphatic carbocycles. The molecule has 1 rings (SSSR count). The van der Waals surface area contributed by atoms with Crippen LogP contribution >= 0.6 is 0 Å². The Morgan fingerprint density at radius 1 is 0.643 bits per heavy atom. The fraction of sp³-hybridized carbons (Fsp3) is 0.667. The van der Waals surface area contributed by atoms with Gasteiger partial charge in [0.25, 0.3) is 0 Å². The van der Waals surface area contributed by atoms with Crippen molar-refractivity contribution in [1.29, 1.82) is 0 Å². The molecule has 2 heteroatoms. The summed E-state index contributed by atoms with van der Waals surface area (Å²) in [6, 6.07) is 0. The van der Waals surface area contributed by atoms with E-state index in [1.54, 1.807) is 0 Å². The molecule has 2 atom stereocenters. The minimum Gasteiger partial charge on any atom is -0.390 e. The average molecular weight is 196 g/mol.